The zero-order valence-corrected chi connectivity index (χ0v) is 14.1. The number of nitrogens with zero attached hydrogens (tertiary/aromatic N) is 3. The molecule has 0 aliphatic heterocycles. The van der Waals surface area contributed by atoms with Gasteiger partial charge in [0.25, 0.3) is 0 Å². The predicted octanol–water partition coefficient (Wildman–Crippen LogP) is 2.14. The van der Waals surface area contributed by atoms with Crippen molar-refractivity contribution in [2.45, 2.75) is 32.7 Å². The Labute approximate surface area is 131 Å². The van der Waals surface area contributed by atoms with Crippen molar-refractivity contribution in [3.63, 3.8) is 0 Å². The van der Waals surface area contributed by atoms with Gasteiger partial charge in [-0.2, -0.15) is 0 Å². The van der Waals surface area contributed by atoms with Crippen LogP contribution >= 0.6 is 11.3 Å². The molecule has 1 fully saturated rings. The summed E-state index contributed by atoms with van der Waals surface area (Å²) < 4.78 is 5.67. The quantitative estimate of drug-likeness (QED) is 0.454. The Kier molecular flexibility index (Phi) is 6.45. The predicted molar refractivity (Wildman–Crippen MR) is 87.9 cm³/mol. The van der Waals surface area contributed by atoms with Gasteiger partial charge in [0.15, 0.2) is 5.96 Å². The van der Waals surface area contributed by atoms with E-state index in [9.17, 15) is 0 Å². The molecule has 1 saturated carbocycles. The van der Waals surface area contributed by atoms with E-state index in [-0.39, 0.29) is 0 Å². The molecular weight excluding hydrogens is 284 g/mol. The van der Waals surface area contributed by atoms with E-state index in [1.165, 1.54) is 17.8 Å². The third kappa shape index (κ3) is 5.63. The van der Waals surface area contributed by atoms with E-state index in [2.05, 4.69) is 32.5 Å². The fourth-order valence-electron chi connectivity index (χ4n) is 1.99. The maximum atomic E-state index is 5.67. The summed E-state index contributed by atoms with van der Waals surface area (Å²) in [7, 11) is 3.84. The molecule has 0 amide bonds. The van der Waals surface area contributed by atoms with Crippen LogP contribution in [0.5, 0.6) is 0 Å². The highest BCUT2D eigenvalue weighted by Crippen LogP contribution is 2.28. The molecule has 21 heavy (non-hydrogen) atoms. The Bertz CT molecular complexity index is 456. The first-order valence-corrected chi connectivity index (χ1v) is 8.53. The number of hydrogen-bond acceptors (Lipinski definition) is 4. The first-order valence-electron chi connectivity index (χ1n) is 7.65. The van der Waals surface area contributed by atoms with Crippen molar-refractivity contribution in [1.82, 2.24) is 15.2 Å². The average Bonchev–Trinajstić information content (AvgIpc) is 3.21. The second kappa shape index (κ2) is 8.34. The lowest BCUT2D eigenvalue weighted by Gasteiger charge is -2.21. The second-order valence-corrected chi connectivity index (χ2v) is 6.37. The Balaban J connectivity index is 1.67. The number of likely N-dealkylation sites (N-methyl/N-ethyl adjacent to an activating group) is 1. The number of thiazole rings is 1. The SMILES string of the molecule is CCc1nc(CNC(=NC)N(C)CCOCC2CC2)cs1. The minimum absolute atomic E-state index is 0.719. The molecule has 1 aromatic heterocycles. The number of rotatable bonds is 8. The van der Waals surface area contributed by atoms with Crippen molar-refractivity contribution in [3.05, 3.63) is 16.1 Å². The maximum absolute atomic E-state index is 5.67. The van der Waals surface area contributed by atoms with Gasteiger partial charge < -0.3 is 15.0 Å². The standard InChI is InChI=1S/C15H26N4OS/c1-4-14-18-13(11-21-14)9-17-15(16-2)19(3)7-8-20-10-12-5-6-12/h11-12H,4-10H2,1-3H3,(H,16,17). The molecule has 0 saturated heterocycles. The van der Waals surface area contributed by atoms with Crippen LogP contribution in [0.4, 0.5) is 0 Å². The number of ether oxygens (including phenoxy) is 1. The fraction of sp³-hybridized carbons (Fsp3) is 0.733. The number of guanidine groups is 1. The fourth-order valence-corrected chi connectivity index (χ4v) is 2.73. The molecule has 1 aliphatic rings. The van der Waals surface area contributed by atoms with Crippen LogP contribution in [0, 0.1) is 5.92 Å². The van der Waals surface area contributed by atoms with Crippen LogP contribution in [0.25, 0.3) is 0 Å². The third-order valence-electron chi connectivity index (χ3n) is 3.52. The molecule has 1 aromatic rings. The van der Waals surface area contributed by atoms with Gasteiger partial charge in [-0.05, 0) is 25.2 Å². The third-order valence-corrected chi connectivity index (χ3v) is 4.57. The molecule has 0 aromatic carbocycles. The summed E-state index contributed by atoms with van der Waals surface area (Å²) in [6.07, 6.45) is 3.68. The molecule has 6 heteroatoms. The Morgan fingerprint density at radius 3 is 3.00 bits per heavy atom. The molecular formula is C15H26N4OS. The summed E-state index contributed by atoms with van der Waals surface area (Å²) >= 11 is 1.72. The zero-order chi connectivity index (χ0) is 15.1. The number of aromatic nitrogens is 1. The van der Waals surface area contributed by atoms with E-state index in [1.54, 1.807) is 11.3 Å². The summed E-state index contributed by atoms with van der Waals surface area (Å²) in [6, 6.07) is 0. The van der Waals surface area contributed by atoms with E-state index in [1.807, 2.05) is 14.1 Å². The van der Waals surface area contributed by atoms with Crippen molar-refractivity contribution in [2.24, 2.45) is 10.9 Å². The number of hydrogen-bond donors (Lipinski definition) is 1. The van der Waals surface area contributed by atoms with Crippen molar-refractivity contribution in [3.8, 4) is 0 Å². The topological polar surface area (TPSA) is 49.8 Å². The van der Waals surface area contributed by atoms with E-state index >= 15 is 0 Å². The summed E-state index contributed by atoms with van der Waals surface area (Å²) in [6.45, 7) is 5.37. The Morgan fingerprint density at radius 2 is 2.38 bits per heavy atom. The smallest absolute Gasteiger partial charge is 0.193 e. The van der Waals surface area contributed by atoms with Gasteiger partial charge in [0.2, 0.25) is 0 Å². The van der Waals surface area contributed by atoms with E-state index < -0.39 is 0 Å². The monoisotopic (exact) mass is 310 g/mol. The molecule has 5 nitrogen and oxygen atoms in total. The van der Waals surface area contributed by atoms with Gasteiger partial charge in [-0.1, -0.05) is 6.92 Å². The van der Waals surface area contributed by atoms with Crippen molar-refractivity contribution < 1.29 is 4.74 Å². The molecule has 0 radical (unpaired) electrons. The number of aryl methyl sites for hydroxylation is 1. The Morgan fingerprint density at radius 1 is 1.57 bits per heavy atom. The average molecular weight is 310 g/mol. The first kappa shape index (κ1) is 16.2. The molecule has 0 unspecified atom stereocenters. The molecule has 1 N–H and O–H groups in total. The van der Waals surface area contributed by atoms with Gasteiger partial charge in [0.1, 0.15) is 0 Å². The van der Waals surface area contributed by atoms with Crippen LogP contribution in [0.3, 0.4) is 0 Å². The van der Waals surface area contributed by atoms with Gasteiger partial charge >= 0.3 is 0 Å². The first-order chi connectivity index (χ1) is 10.2. The lowest BCUT2D eigenvalue weighted by atomic mass is 10.4. The van der Waals surface area contributed by atoms with Crippen LogP contribution in [0.15, 0.2) is 10.4 Å². The summed E-state index contributed by atoms with van der Waals surface area (Å²) in [4.78, 5) is 11.0. The van der Waals surface area contributed by atoms with Crippen molar-refractivity contribution in [1.29, 1.82) is 0 Å². The Hall–Kier alpha value is -1.14. The highest BCUT2D eigenvalue weighted by Gasteiger charge is 2.21. The minimum Gasteiger partial charge on any atom is -0.379 e. The number of aliphatic imine (C=N–C) groups is 1. The normalized spacial score (nSPS) is 15.3. The molecule has 1 aliphatic carbocycles. The van der Waals surface area contributed by atoms with Crippen LogP contribution in [-0.4, -0.2) is 49.7 Å². The molecule has 118 valence electrons. The summed E-state index contributed by atoms with van der Waals surface area (Å²) in [5.41, 5.74) is 1.08. The van der Waals surface area contributed by atoms with Gasteiger partial charge in [0, 0.05) is 32.6 Å². The van der Waals surface area contributed by atoms with Gasteiger partial charge in [-0.25, -0.2) is 4.98 Å². The van der Waals surface area contributed by atoms with E-state index in [4.69, 9.17) is 4.74 Å². The molecule has 0 atom stereocenters. The van der Waals surface area contributed by atoms with Gasteiger partial charge in [-0.3, -0.25) is 4.99 Å². The van der Waals surface area contributed by atoms with Crippen LogP contribution in [-0.2, 0) is 17.7 Å². The highest BCUT2D eigenvalue weighted by atomic mass is 32.1. The zero-order valence-electron chi connectivity index (χ0n) is 13.3. The maximum Gasteiger partial charge on any atom is 0.193 e. The molecule has 0 spiro atoms. The van der Waals surface area contributed by atoms with Crippen LogP contribution < -0.4 is 5.32 Å². The second-order valence-electron chi connectivity index (χ2n) is 5.43. The summed E-state index contributed by atoms with van der Waals surface area (Å²) in [5, 5.41) is 6.64. The van der Waals surface area contributed by atoms with Crippen molar-refractivity contribution in [2.75, 3.05) is 33.9 Å². The largest absolute Gasteiger partial charge is 0.379 e. The minimum atomic E-state index is 0.719. The van der Waals surface area contributed by atoms with Crippen molar-refractivity contribution >= 4 is 17.3 Å². The summed E-state index contributed by atoms with van der Waals surface area (Å²) in [5.74, 6) is 1.71. The van der Waals surface area contributed by atoms with Gasteiger partial charge in [0.05, 0.1) is 23.9 Å². The number of nitrogens with one attached hydrogen (secondary N) is 1. The van der Waals surface area contributed by atoms with Crippen LogP contribution in [0.2, 0.25) is 0 Å². The lowest BCUT2D eigenvalue weighted by molar-refractivity contribution is 0.115. The van der Waals surface area contributed by atoms with E-state index in [0.717, 1.165) is 50.3 Å². The van der Waals surface area contributed by atoms with E-state index in [0.29, 0.717) is 0 Å². The lowest BCUT2D eigenvalue weighted by Crippen LogP contribution is -2.40. The molecule has 2 rings (SSSR count). The molecule has 0 bridgehead atoms. The van der Waals surface area contributed by atoms with Crippen LogP contribution in [0.1, 0.15) is 30.5 Å². The molecule has 1 heterocycles. The highest BCUT2D eigenvalue weighted by molar-refractivity contribution is 7.09. The van der Waals surface area contributed by atoms with Gasteiger partial charge in [-0.15, -0.1) is 11.3 Å².